The number of aromatic nitrogens is 1. The van der Waals surface area contributed by atoms with Gasteiger partial charge in [0.2, 0.25) is 11.8 Å². The SMILES string of the molecule is Cc1ccc(NC(=O)CN(C)CCC(=O)Nc2ccc3c(c2)CCC3)nc1. The fourth-order valence-electron chi connectivity index (χ4n) is 3.21. The number of fused-ring (bicyclic) bond motifs is 1. The molecule has 1 aliphatic carbocycles. The number of nitrogens with zero attached hydrogens (tertiary/aromatic N) is 2. The van der Waals surface area contributed by atoms with E-state index in [1.165, 1.54) is 17.5 Å². The lowest BCUT2D eigenvalue weighted by atomic mass is 10.1. The lowest BCUT2D eigenvalue weighted by Crippen LogP contribution is -2.32. The Morgan fingerprint density at radius 1 is 1.07 bits per heavy atom. The molecule has 1 heterocycles. The van der Waals surface area contributed by atoms with Gasteiger partial charge in [0.1, 0.15) is 5.82 Å². The summed E-state index contributed by atoms with van der Waals surface area (Å²) in [6, 6.07) is 9.82. The third-order valence-corrected chi connectivity index (χ3v) is 4.70. The monoisotopic (exact) mass is 366 g/mol. The van der Waals surface area contributed by atoms with Crippen molar-refractivity contribution in [3.8, 4) is 0 Å². The van der Waals surface area contributed by atoms with Crippen LogP contribution in [0.4, 0.5) is 11.5 Å². The smallest absolute Gasteiger partial charge is 0.239 e. The minimum atomic E-state index is -0.145. The summed E-state index contributed by atoms with van der Waals surface area (Å²) in [6.45, 7) is 2.66. The molecule has 1 aromatic heterocycles. The van der Waals surface area contributed by atoms with Crippen molar-refractivity contribution < 1.29 is 9.59 Å². The van der Waals surface area contributed by atoms with Crippen LogP contribution in [-0.4, -0.2) is 41.8 Å². The van der Waals surface area contributed by atoms with E-state index in [0.29, 0.717) is 18.8 Å². The number of hydrogen-bond acceptors (Lipinski definition) is 4. The molecule has 6 heteroatoms. The second-order valence-electron chi connectivity index (χ2n) is 7.14. The van der Waals surface area contributed by atoms with Crippen molar-refractivity contribution in [2.75, 3.05) is 30.8 Å². The second kappa shape index (κ2) is 8.77. The highest BCUT2D eigenvalue weighted by atomic mass is 16.2. The molecule has 2 aromatic rings. The zero-order valence-electron chi connectivity index (χ0n) is 15.9. The zero-order valence-corrected chi connectivity index (χ0v) is 15.9. The molecule has 0 radical (unpaired) electrons. The van der Waals surface area contributed by atoms with E-state index >= 15 is 0 Å². The molecule has 2 amide bonds. The number of anilines is 2. The van der Waals surface area contributed by atoms with E-state index in [1.807, 2.05) is 31.0 Å². The first-order chi connectivity index (χ1) is 13.0. The number of pyridine rings is 1. The summed E-state index contributed by atoms with van der Waals surface area (Å²) in [5.74, 6) is 0.349. The summed E-state index contributed by atoms with van der Waals surface area (Å²) >= 11 is 0. The lowest BCUT2D eigenvalue weighted by Gasteiger charge is -2.16. The van der Waals surface area contributed by atoms with Crippen LogP contribution < -0.4 is 10.6 Å². The summed E-state index contributed by atoms with van der Waals surface area (Å²) in [5, 5.41) is 5.71. The van der Waals surface area contributed by atoms with Gasteiger partial charge in [0.05, 0.1) is 6.54 Å². The van der Waals surface area contributed by atoms with Crippen LogP contribution in [0.3, 0.4) is 0 Å². The Balaban J connectivity index is 1.40. The van der Waals surface area contributed by atoms with Crippen molar-refractivity contribution in [3.63, 3.8) is 0 Å². The van der Waals surface area contributed by atoms with Crippen molar-refractivity contribution in [1.82, 2.24) is 9.88 Å². The molecule has 0 aliphatic heterocycles. The predicted octanol–water partition coefficient (Wildman–Crippen LogP) is 2.78. The van der Waals surface area contributed by atoms with Crippen molar-refractivity contribution in [3.05, 3.63) is 53.2 Å². The average molecular weight is 366 g/mol. The molecule has 2 N–H and O–H groups in total. The number of aryl methyl sites for hydroxylation is 3. The molecule has 6 nitrogen and oxygen atoms in total. The van der Waals surface area contributed by atoms with Gasteiger partial charge in [0, 0.05) is 24.8 Å². The highest BCUT2D eigenvalue weighted by Crippen LogP contribution is 2.24. The predicted molar refractivity (Wildman–Crippen MR) is 107 cm³/mol. The summed E-state index contributed by atoms with van der Waals surface area (Å²) in [4.78, 5) is 30.2. The van der Waals surface area contributed by atoms with E-state index in [-0.39, 0.29) is 18.4 Å². The van der Waals surface area contributed by atoms with Gasteiger partial charge in [-0.25, -0.2) is 4.98 Å². The van der Waals surface area contributed by atoms with Gasteiger partial charge < -0.3 is 10.6 Å². The molecular weight excluding hydrogens is 340 g/mol. The molecule has 0 saturated heterocycles. The molecule has 0 unspecified atom stereocenters. The van der Waals surface area contributed by atoms with Crippen molar-refractivity contribution in [2.45, 2.75) is 32.6 Å². The van der Waals surface area contributed by atoms with Gasteiger partial charge in [0.15, 0.2) is 0 Å². The molecule has 0 saturated carbocycles. The first-order valence-electron chi connectivity index (χ1n) is 9.32. The van der Waals surface area contributed by atoms with Crippen LogP contribution in [0.2, 0.25) is 0 Å². The summed E-state index contributed by atoms with van der Waals surface area (Å²) in [7, 11) is 1.82. The van der Waals surface area contributed by atoms with Gasteiger partial charge in [0.25, 0.3) is 0 Å². The number of nitrogens with one attached hydrogen (secondary N) is 2. The lowest BCUT2D eigenvalue weighted by molar-refractivity contribution is -0.119. The fourth-order valence-corrected chi connectivity index (χ4v) is 3.21. The second-order valence-corrected chi connectivity index (χ2v) is 7.14. The van der Waals surface area contributed by atoms with E-state index in [9.17, 15) is 9.59 Å². The Morgan fingerprint density at radius 2 is 1.89 bits per heavy atom. The highest BCUT2D eigenvalue weighted by Gasteiger charge is 2.13. The number of hydrogen-bond donors (Lipinski definition) is 2. The largest absolute Gasteiger partial charge is 0.326 e. The van der Waals surface area contributed by atoms with Crippen LogP contribution in [-0.2, 0) is 22.4 Å². The van der Waals surface area contributed by atoms with Gasteiger partial charge >= 0.3 is 0 Å². The first-order valence-corrected chi connectivity index (χ1v) is 9.32. The third kappa shape index (κ3) is 5.62. The van der Waals surface area contributed by atoms with Crippen LogP contribution in [0.15, 0.2) is 36.5 Å². The van der Waals surface area contributed by atoms with Crippen molar-refractivity contribution >= 4 is 23.3 Å². The standard InChI is InChI=1S/C21H26N4O2/c1-15-6-9-19(22-13-15)24-21(27)14-25(2)11-10-20(26)23-18-8-7-16-4-3-5-17(16)12-18/h6-9,12-13H,3-5,10-11,14H2,1-2H3,(H,23,26)(H,22,24,27). The zero-order chi connectivity index (χ0) is 19.2. The molecule has 0 spiro atoms. The minimum absolute atomic E-state index is 0.0413. The molecule has 0 bridgehead atoms. The minimum Gasteiger partial charge on any atom is -0.326 e. The van der Waals surface area contributed by atoms with Crippen molar-refractivity contribution in [2.24, 2.45) is 0 Å². The molecule has 27 heavy (non-hydrogen) atoms. The summed E-state index contributed by atoms with van der Waals surface area (Å²) in [6.07, 6.45) is 5.46. The number of carbonyl (C=O) groups is 2. The van der Waals surface area contributed by atoms with E-state index in [4.69, 9.17) is 0 Å². The molecule has 1 aliphatic rings. The van der Waals surface area contributed by atoms with Crippen LogP contribution in [0.25, 0.3) is 0 Å². The van der Waals surface area contributed by atoms with Crippen LogP contribution in [0, 0.1) is 6.92 Å². The Kier molecular flexibility index (Phi) is 6.19. The summed E-state index contributed by atoms with van der Waals surface area (Å²) < 4.78 is 0. The van der Waals surface area contributed by atoms with Crippen molar-refractivity contribution in [1.29, 1.82) is 0 Å². The number of benzene rings is 1. The van der Waals surface area contributed by atoms with E-state index in [2.05, 4.69) is 27.8 Å². The van der Waals surface area contributed by atoms with Crippen LogP contribution in [0.5, 0.6) is 0 Å². The maximum Gasteiger partial charge on any atom is 0.239 e. The maximum atomic E-state index is 12.2. The van der Waals surface area contributed by atoms with Gasteiger partial charge in [-0.3, -0.25) is 14.5 Å². The molecule has 0 fully saturated rings. The van der Waals surface area contributed by atoms with E-state index in [0.717, 1.165) is 24.1 Å². The highest BCUT2D eigenvalue weighted by molar-refractivity contribution is 5.92. The van der Waals surface area contributed by atoms with Gasteiger partial charge in [-0.2, -0.15) is 0 Å². The number of rotatable bonds is 7. The molecule has 142 valence electrons. The average Bonchev–Trinajstić information content (AvgIpc) is 3.09. The Hall–Kier alpha value is -2.73. The van der Waals surface area contributed by atoms with Gasteiger partial charge in [-0.15, -0.1) is 0 Å². The Morgan fingerprint density at radius 3 is 2.67 bits per heavy atom. The topological polar surface area (TPSA) is 74.3 Å². The number of likely N-dealkylation sites (N-methyl/N-ethyl adjacent to an activating group) is 1. The van der Waals surface area contributed by atoms with E-state index < -0.39 is 0 Å². The Bertz CT molecular complexity index is 817. The summed E-state index contributed by atoms with van der Waals surface area (Å²) in [5.41, 5.74) is 4.62. The first kappa shape index (κ1) is 19.0. The molecule has 1 aromatic carbocycles. The van der Waals surface area contributed by atoms with Gasteiger partial charge in [-0.05, 0) is 68.1 Å². The molecular formula is C21H26N4O2. The normalized spacial score (nSPS) is 12.7. The van der Waals surface area contributed by atoms with Crippen LogP contribution in [0.1, 0.15) is 29.5 Å². The maximum absolute atomic E-state index is 12.2. The molecule has 3 rings (SSSR count). The quantitative estimate of drug-likeness (QED) is 0.790. The Labute approximate surface area is 160 Å². The van der Waals surface area contributed by atoms with Gasteiger partial charge in [-0.1, -0.05) is 12.1 Å². The number of amides is 2. The van der Waals surface area contributed by atoms with Crippen LogP contribution >= 0.6 is 0 Å². The third-order valence-electron chi connectivity index (χ3n) is 4.70. The molecule has 0 atom stereocenters. The fraction of sp³-hybridized carbons (Fsp3) is 0.381. The van der Waals surface area contributed by atoms with E-state index in [1.54, 1.807) is 12.3 Å². The number of carbonyl (C=O) groups excluding carboxylic acids is 2.